The fraction of sp³-hybridized carbons (Fsp3) is 0.625. The van der Waals surface area contributed by atoms with Crippen molar-refractivity contribution >= 4 is 5.69 Å². The van der Waals surface area contributed by atoms with Gasteiger partial charge >= 0.3 is 0 Å². The number of nitrogens with one attached hydrogen (secondary N) is 1. The fourth-order valence-corrected chi connectivity index (χ4v) is 3.27. The van der Waals surface area contributed by atoms with Crippen LogP contribution in [0.4, 0.5) is 5.69 Å². The summed E-state index contributed by atoms with van der Waals surface area (Å²) in [6.07, 6.45) is 3.34. The number of aromatic hydroxyl groups is 1. The Balaban J connectivity index is 1.98. The van der Waals surface area contributed by atoms with E-state index in [4.69, 9.17) is 4.74 Å². The molecule has 3 rings (SSSR count). The fourth-order valence-electron chi connectivity index (χ4n) is 3.27. The highest BCUT2D eigenvalue weighted by Crippen LogP contribution is 2.45. The minimum atomic E-state index is -0.433. The first-order valence-corrected chi connectivity index (χ1v) is 8.10. The van der Waals surface area contributed by atoms with Crippen LogP contribution in [0.25, 0.3) is 0 Å². The normalized spacial score (nSPS) is 20.2. The highest BCUT2D eigenvalue weighted by atomic mass is 16.6. The molecule has 1 atom stereocenters. The zero-order valence-corrected chi connectivity index (χ0v) is 13.3. The van der Waals surface area contributed by atoms with Crippen molar-refractivity contribution in [3.63, 3.8) is 0 Å². The molecule has 2 aliphatic rings. The molecule has 1 aliphatic heterocycles. The molecular weight excluding hydrogens is 298 g/mol. The lowest BCUT2D eigenvalue weighted by Crippen LogP contribution is -2.45. The Morgan fingerprint density at radius 2 is 2.13 bits per heavy atom. The number of phenolic OH excluding ortho intramolecular Hbond substituents is 1. The molecule has 2 N–H and O–H groups in total. The number of methoxy groups -OCH3 is 1. The van der Waals surface area contributed by atoms with Crippen molar-refractivity contribution in [2.24, 2.45) is 5.92 Å². The van der Waals surface area contributed by atoms with E-state index in [-0.39, 0.29) is 23.2 Å². The molecule has 0 unspecified atom stereocenters. The average molecular weight is 321 g/mol. The van der Waals surface area contributed by atoms with Gasteiger partial charge in [-0.15, -0.1) is 0 Å². The van der Waals surface area contributed by atoms with Gasteiger partial charge in [0.05, 0.1) is 18.1 Å². The summed E-state index contributed by atoms with van der Waals surface area (Å²) in [6.45, 7) is 3.55. The number of nitrogens with zero attached hydrogens (tertiary/aromatic N) is 2. The van der Waals surface area contributed by atoms with E-state index in [2.05, 4.69) is 10.2 Å². The number of non-ortho nitro benzene ring substituents is 1. The molecule has 1 saturated carbocycles. The number of piperazine rings is 1. The largest absolute Gasteiger partial charge is 0.504 e. The number of benzene rings is 1. The number of phenols is 1. The molecule has 1 aromatic carbocycles. The van der Waals surface area contributed by atoms with Crippen LogP contribution in [0.3, 0.4) is 0 Å². The van der Waals surface area contributed by atoms with Gasteiger partial charge in [0.25, 0.3) is 5.69 Å². The lowest BCUT2D eigenvalue weighted by molar-refractivity contribution is -0.385. The second-order valence-electron chi connectivity index (χ2n) is 6.32. The standard InChI is InChI=1S/C16H23N3O4/c1-23-15-10-12(19(21)22)9-13(16(15)20)14(8-11-2-3-11)18-6-4-17-5-7-18/h9-11,14,17,20H,2-8H2,1H3/t14-/m0/s1. The Morgan fingerprint density at radius 1 is 1.43 bits per heavy atom. The lowest BCUT2D eigenvalue weighted by atomic mass is 9.96. The predicted molar refractivity (Wildman–Crippen MR) is 85.8 cm³/mol. The summed E-state index contributed by atoms with van der Waals surface area (Å²) in [6, 6.07) is 2.79. The molecule has 126 valence electrons. The van der Waals surface area contributed by atoms with Crippen LogP contribution in [0.15, 0.2) is 12.1 Å². The first-order valence-electron chi connectivity index (χ1n) is 8.10. The molecule has 0 radical (unpaired) electrons. The quantitative estimate of drug-likeness (QED) is 0.616. The van der Waals surface area contributed by atoms with Crippen LogP contribution >= 0.6 is 0 Å². The average Bonchev–Trinajstić information content (AvgIpc) is 3.38. The van der Waals surface area contributed by atoms with E-state index in [1.165, 1.54) is 32.1 Å². The molecule has 23 heavy (non-hydrogen) atoms. The molecule has 1 saturated heterocycles. The molecule has 1 aromatic rings. The predicted octanol–water partition coefficient (Wildman–Crippen LogP) is 2.06. The summed E-state index contributed by atoms with van der Waals surface area (Å²) in [5.41, 5.74) is 0.579. The molecule has 0 amide bonds. The summed E-state index contributed by atoms with van der Waals surface area (Å²) in [7, 11) is 1.42. The minimum Gasteiger partial charge on any atom is -0.504 e. The highest BCUT2D eigenvalue weighted by molar-refractivity contribution is 5.54. The maximum atomic E-state index is 11.2. The van der Waals surface area contributed by atoms with Crippen molar-refractivity contribution in [1.29, 1.82) is 0 Å². The van der Waals surface area contributed by atoms with E-state index in [0.717, 1.165) is 32.6 Å². The Kier molecular flexibility index (Phi) is 4.68. The van der Waals surface area contributed by atoms with E-state index in [1.54, 1.807) is 0 Å². The van der Waals surface area contributed by atoms with Crippen LogP contribution in [0, 0.1) is 16.0 Å². The molecule has 1 aliphatic carbocycles. The van der Waals surface area contributed by atoms with Crippen molar-refractivity contribution in [3.05, 3.63) is 27.8 Å². The Hall–Kier alpha value is -1.86. The zero-order chi connectivity index (χ0) is 16.4. The van der Waals surface area contributed by atoms with Crippen LogP contribution in [0.5, 0.6) is 11.5 Å². The van der Waals surface area contributed by atoms with Gasteiger partial charge in [0, 0.05) is 43.9 Å². The maximum absolute atomic E-state index is 11.2. The van der Waals surface area contributed by atoms with Crippen LogP contribution in [-0.4, -0.2) is 48.2 Å². The number of hydrogen-bond acceptors (Lipinski definition) is 6. The van der Waals surface area contributed by atoms with Gasteiger partial charge < -0.3 is 15.2 Å². The van der Waals surface area contributed by atoms with Crippen molar-refractivity contribution < 1.29 is 14.8 Å². The summed E-state index contributed by atoms with van der Waals surface area (Å²) < 4.78 is 5.15. The number of nitro benzene ring substituents is 1. The van der Waals surface area contributed by atoms with Crippen LogP contribution in [-0.2, 0) is 0 Å². The molecule has 7 nitrogen and oxygen atoms in total. The molecule has 1 heterocycles. The van der Waals surface area contributed by atoms with Gasteiger partial charge in [-0.3, -0.25) is 15.0 Å². The van der Waals surface area contributed by atoms with Crippen molar-refractivity contribution in [1.82, 2.24) is 10.2 Å². The van der Waals surface area contributed by atoms with Gasteiger partial charge in [0.1, 0.15) is 0 Å². The van der Waals surface area contributed by atoms with Crippen molar-refractivity contribution in [2.75, 3.05) is 33.3 Å². The van der Waals surface area contributed by atoms with Gasteiger partial charge in [0.15, 0.2) is 11.5 Å². The van der Waals surface area contributed by atoms with Crippen molar-refractivity contribution in [3.8, 4) is 11.5 Å². The van der Waals surface area contributed by atoms with Gasteiger partial charge in [-0.05, 0) is 12.3 Å². The summed E-state index contributed by atoms with van der Waals surface area (Å²) in [4.78, 5) is 13.1. The first kappa shape index (κ1) is 16.0. The van der Waals surface area contributed by atoms with Gasteiger partial charge in [-0.25, -0.2) is 0 Å². The molecule has 0 aromatic heterocycles. The third kappa shape index (κ3) is 3.56. The Bertz CT molecular complexity index is 583. The second kappa shape index (κ2) is 6.72. The Labute approximate surface area is 135 Å². The summed E-state index contributed by atoms with van der Waals surface area (Å²) in [5.74, 6) is 0.854. The molecule has 7 heteroatoms. The van der Waals surface area contributed by atoms with E-state index in [0.29, 0.717) is 11.5 Å². The van der Waals surface area contributed by atoms with Crippen LogP contribution in [0.2, 0.25) is 0 Å². The monoisotopic (exact) mass is 321 g/mol. The number of ether oxygens (including phenoxy) is 1. The third-order valence-corrected chi connectivity index (χ3v) is 4.72. The number of hydrogen-bond donors (Lipinski definition) is 2. The van der Waals surface area contributed by atoms with E-state index >= 15 is 0 Å². The molecule has 0 bridgehead atoms. The van der Waals surface area contributed by atoms with Gasteiger partial charge in [-0.2, -0.15) is 0 Å². The van der Waals surface area contributed by atoms with Crippen LogP contribution in [0.1, 0.15) is 30.9 Å². The molecular formula is C16H23N3O4. The van der Waals surface area contributed by atoms with Gasteiger partial charge in [-0.1, -0.05) is 12.8 Å². The van der Waals surface area contributed by atoms with Gasteiger partial charge in [0.2, 0.25) is 0 Å². The SMILES string of the molecule is COc1cc([N+](=O)[O-])cc([C@H](CC2CC2)N2CCNCC2)c1O. The van der Waals surface area contributed by atoms with Crippen LogP contribution < -0.4 is 10.1 Å². The number of nitro groups is 1. The molecule has 2 fully saturated rings. The second-order valence-corrected chi connectivity index (χ2v) is 6.32. The minimum absolute atomic E-state index is 0.00148. The summed E-state index contributed by atoms with van der Waals surface area (Å²) in [5, 5.41) is 25.1. The van der Waals surface area contributed by atoms with E-state index < -0.39 is 4.92 Å². The number of rotatable bonds is 6. The summed E-state index contributed by atoms with van der Waals surface area (Å²) >= 11 is 0. The van der Waals surface area contributed by atoms with E-state index in [1.807, 2.05) is 0 Å². The van der Waals surface area contributed by atoms with E-state index in [9.17, 15) is 15.2 Å². The smallest absolute Gasteiger partial charge is 0.273 e. The maximum Gasteiger partial charge on any atom is 0.273 e. The topological polar surface area (TPSA) is 87.9 Å². The Morgan fingerprint density at radius 3 is 2.70 bits per heavy atom. The zero-order valence-electron chi connectivity index (χ0n) is 13.3. The highest BCUT2D eigenvalue weighted by Gasteiger charge is 2.33. The molecule has 0 spiro atoms. The third-order valence-electron chi connectivity index (χ3n) is 4.72. The van der Waals surface area contributed by atoms with Crippen molar-refractivity contribution in [2.45, 2.75) is 25.3 Å². The lowest BCUT2D eigenvalue weighted by Gasteiger charge is -2.35. The first-order chi connectivity index (χ1) is 11.1.